The molecule has 0 aromatic heterocycles. The Morgan fingerprint density at radius 3 is 2.62 bits per heavy atom. The van der Waals surface area contributed by atoms with Crippen LogP contribution >= 0.6 is 0 Å². The second kappa shape index (κ2) is 9.29. The zero-order chi connectivity index (χ0) is 19.1. The molecule has 0 aliphatic rings. The first-order valence-electron chi connectivity index (χ1n) is 8.53. The van der Waals surface area contributed by atoms with E-state index in [4.69, 9.17) is 4.74 Å². The minimum atomic E-state index is -1.14. The van der Waals surface area contributed by atoms with Crippen molar-refractivity contribution in [2.24, 2.45) is 0 Å². The molecule has 0 spiro atoms. The van der Waals surface area contributed by atoms with Crippen molar-refractivity contribution in [2.45, 2.75) is 32.3 Å². The summed E-state index contributed by atoms with van der Waals surface area (Å²) in [5.74, 6) is -1.48. The maximum atomic E-state index is 13.2. The van der Waals surface area contributed by atoms with Gasteiger partial charge in [-0.1, -0.05) is 38.1 Å². The Balaban J connectivity index is 1.87. The zero-order valence-electron chi connectivity index (χ0n) is 14.8. The lowest BCUT2D eigenvalue weighted by atomic mass is 9.98. The third kappa shape index (κ3) is 5.26. The molecule has 0 aliphatic heterocycles. The Morgan fingerprint density at radius 1 is 1.19 bits per heavy atom. The van der Waals surface area contributed by atoms with Crippen LogP contribution in [0.1, 0.15) is 43.4 Å². The van der Waals surface area contributed by atoms with Crippen molar-refractivity contribution in [2.75, 3.05) is 13.2 Å². The van der Waals surface area contributed by atoms with E-state index in [1.165, 1.54) is 6.07 Å². The highest BCUT2D eigenvalue weighted by Crippen LogP contribution is 2.28. The summed E-state index contributed by atoms with van der Waals surface area (Å²) in [6.45, 7) is 3.84. The van der Waals surface area contributed by atoms with Crippen LogP contribution in [0.3, 0.4) is 0 Å². The van der Waals surface area contributed by atoms with Gasteiger partial charge in [0.25, 0.3) is 5.91 Å². The number of aliphatic hydroxyl groups excluding tert-OH is 1. The molecule has 2 N–H and O–H groups in total. The first-order valence-corrected chi connectivity index (χ1v) is 8.53. The number of rotatable bonds is 8. The van der Waals surface area contributed by atoms with Gasteiger partial charge >= 0.3 is 0 Å². The van der Waals surface area contributed by atoms with Crippen LogP contribution in [-0.4, -0.2) is 24.2 Å². The number of aliphatic hydroxyl groups is 1. The molecule has 6 heteroatoms. The maximum absolute atomic E-state index is 13.2. The molecule has 26 heavy (non-hydrogen) atoms. The lowest BCUT2D eigenvalue weighted by Crippen LogP contribution is -2.32. The van der Waals surface area contributed by atoms with Crippen LogP contribution in [0.15, 0.2) is 42.5 Å². The largest absolute Gasteiger partial charge is 0.483 e. The van der Waals surface area contributed by atoms with Crippen molar-refractivity contribution in [3.8, 4) is 5.75 Å². The van der Waals surface area contributed by atoms with Crippen molar-refractivity contribution >= 4 is 5.91 Å². The van der Waals surface area contributed by atoms with Gasteiger partial charge in [0.2, 0.25) is 0 Å². The number of hydrogen-bond donors (Lipinski definition) is 2. The highest BCUT2D eigenvalue weighted by molar-refractivity contribution is 5.77. The number of benzene rings is 2. The first kappa shape index (κ1) is 19.8. The molecule has 4 nitrogen and oxygen atoms in total. The second-order valence-corrected chi connectivity index (χ2v) is 6.13. The zero-order valence-corrected chi connectivity index (χ0v) is 14.8. The molecule has 1 amide bonds. The fourth-order valence-corrected chi connectivity index (χ4v) is 2.48. The quantitative estimate of drug-likeness (QED) is 0.752. The van der Waals surface area contributed by atoms with Gasteiger partial charge < -0.3 is 15.2 Å². The van der Waals surface area contributed by atoms with E-state index in [2.05, 4.69) is 19.2 Å². The fraction of sp³-hybridized carbons (Fsp3) is 0.350. The van der Waals surface area contributed by atoms with Gasteiger partial charge in [-0.05, 0) is 41.7 Å². The molecule has 2 atom stereocenters. The smallest absolute Gasteiger partial charge is 0.258 e. The molecule has 0 aliphatic carbocycles. The predicted octanol–water partition coefficient (Wildman–Crippen LogP) is 3.71. The minimum absolute atomic E-state index is 0.125. The number of amides is 1. The van der Waals surface area contributed by atoms with Crippen LogP contribution < -0.4 is 10.1 Å². The summed E-state index contributed by atoms with van der Waals surface area (Å²) in [4.78, 5) is 11.9. The van der Waals surface area contributed by atoms with Gasteiger partial charge in [0.05, 0.1) is 6.10 Å². The number of hydrogen-bond acceptors (Lipinski definition) is 3. The molecule has 2 aromatic carbocycles. The molecule has 0 fully saturated rings. The van der Waals surface area contributed by atoms with E-state index in [0.717, 1.165) is 24.1 Å². The Morgan fingerprint density at radius 2 is 1.92 bits per heavy atom. The second-order valence-electron chi connectivity index (χ2n) is 6.13. The van der Waals surface area contributed by atoms with Crippen LogP contribution in [0.5, 0.6) is 5.75 Å². The Kier molecular flexibility index (Phi) is 7.09. The summed E-state index contributed by atoms with van der Waals surface area (Å²) >= 11 is 0. The molecule has 0 radical (unpaired) electrons. The van der Waals surface area contributed by atoms with E-state index < -0.39 is 23.6 Å². The van der Waals surface area contributed by atoms with Crippen LogP contribution in [0, 0.1) is 11.6 Å². The highest BCUT2D eigenvalue weighted by Gasteiger charge is 2.14. The molecule has 2 aromatic rings. The van der Waals surface area contributed by atoms with Crippen molar-refractivity contribution in [3.05, 3.63) is 65.2 Å². The highest BCUT2D eigenvalue weighted by atomic mass is 19.2. The average molecular weight is 363 g/mol. The molecule has 0 bridgehead atoms. The molecule has 140 valence electrons. The number of nitrogens with one attached hydrogen (secondary N) is 1. The summed E-state index contributed by atoms with van der Waals surface area (Å²) < 4.78 is 31.7. The molecule has 2 unspecified atom stereocenters. The summed E-state index contributed by atoms with van der Waals surface area (Å²) in [7, 11) is 0. The van der Waals surface area contributed by atoms with Gasteiger partial charge in [-0.25, -0.2) is 8.78 Å². The summed E-state index contributed by atoms with van der Waals surface area (Å²) in [6.07, 6.45) is -0.186. The van der Waals surface area contributed by atoms with Crippen LogP contribution in [-0.2, 0) is 4.79 Å². The summed E-state index contributed by atoms with van der Waals surface area (Å²) in [6, 6.07) is 10.7. The Labute approximate surface area is 151 Å². The van der Waals surface area contributed by atoms with Crippen molar-refractivity contribution in [3.63, 3.8) is 0 Å². The summed E-state index contributed by atoms with van der Waals surface area (Å²) in [5, 5.41) is 12.5. The SMILES string of the molecule is CCC(C)c1ccccc1OCC(=O)NCC(O)c1ccc(F)c(F)c1. The Hall–Kier alpha value is -2.47. The molecule has 0 heterocycles. The van der Waals surface area contributed by atoms with Gasteiger partial charge in [-0.2, -0.15) is 0 Å². The standard InChI is InChI=1S/C20H23F2NO3/c1-3-13(2)15-6-4-5-7-19(15)26-12-20(25)23-11-18(24)14-8-9-16(21)17(22)10-14/h4-10,13,18,24H,3,11-12H2,1-2H3,(H,23,25). The monoisotopic (exact) mass is 363 g/mol. The van der Waals surface area contributed by atoms with Gasteiger partial charge in [0, 0.05) is 6.54 Å². The van der Waals surface area contributed by atoms with Crippen LogP contribution in [0.4, 0.5) is 8.78 Å². The molecule has 0 saturated carbocycles. The lowest BCUT2D eigenvalue weighted by Gasteiger charge is -2.16. The summed E-state index contributed by atoms with van der Waals surface area (Å²) in [5.41, 5.74) is 1.22. The van der Waals surface area contributed by atoms with Crippen LogP contribution in [0.25, 0.3) is 0 Å². The van der Waals surface area contributed by atoms with Crippen molar-refractivity contribution in [1.82, 2.24) is 5.32 Å². The number of carbonyl (C=O) groups is 1. The van der Waals surface area contributed by atoms with E-state index in [9.17, 15) is 18.7 Å². The number of para-hydroxylation sites is 1. The first-order chi connectivity index (χ1) is 12.4. The van der Waals surface area contributed by atoms with E-state index >= 15 is 0 Å². The molecular weight excluding hydrogens is 340 g/mol. The van der Waals surface area contributed by atoms with Gasteiger partial charge in [0.1, 0.15) is 5.75 Å². The number of ether oxygens (including phenoxy) is 1. The van der Waals surface area contributed by atoms with E-state index in [1.54, 1.807) is 0 Å². The van der Waals surface area contributed by atoms with Crippen molar-refractivity contribution < 1.29 is 23.4 Å². The lowest BCUT2D eigenvalue weighted by molar-refractivity contribution is -0.123. The number of carbonyl (C=O) groups excluding carboxylic acids is 1. The minimum Gasteiger partial charge on any atom is -0.483 e. The predicted molar refractivity (Wildman–Crippen MR) is 95.0 cm³/mol. The third-order valence-electron chi connectivity index (χ3n) is 4.24. The molecular formula is C20H23F2NO3. The topological polar surface area (TPSA) is 58.6 Å². The molecule has 0 saturated heterocycles. The molecule has 2 rings (SSSR count). The Bertz CT molecular complexity index is 752. The van der Waals surface area contributed by atoms with Gasteiger partial charge in [-0.15, -0.1) is 0 Å². The number of halogens is 2. The third-order valence-corrected chi connectivity index (χ3v) is 4.24. The van der Waals surface area contributed by atoms with Gasteiger partial charge in [0.15, 0.2) is 18.2 Å². The normalized spacial score (nSPS) is 13.1. The average Bonchev–Trinajstić information content (AvgIpc) is 2.66. The van der Waals surface area contributed by atoms with E-state index in [1.807, 2.05) is 24.3 Å². The van der Waals surface area contributed by atoms with E-state index in [0.29, 0.717) is 11.7 Å². The van der Waals surface area contributed by atoms with Gasteiger partial charge in [-0.3, -0.25) is 4.79 Å². The van der Waals surface area contributed by atoms with Crippen LogP contribution in [0.2, 0.25) is 0 Å². The van der Waals surface area contributed by atoms with E-state index in [-0.39, 0.29) is 18.7 Å². The maximum Gasteiger partial charge on any atom is 0.258 e. The fourth-order valence-electron chi connectivity index (χ4n) is 2.48. The van der Waals surface area contributed by atoms with Crippen molar-refractivity contribution in [1.29, 1.82) is 0 Å².